The first-order chi connectivity index (χ1) is 5.18. The van der Waals surface area contributed by atoms with Crippen LogP contribution in [0.1, 0.15) is 20.3 Å². The molecule has 0 atom stereocenters. The van der Waals surface area contributed by atoms with Crippen molar-refractivity contribution in [1.82, 2.24) is 0 Å². The Kier molecular flexibility index (Phi) is 14.0. The van der Waals surface area contributed by atoms with Crippen molar-refractivity contribution in [1.29, 1.82) is 0 Å². The van der Waals surface area contributed by atoms with E-state index in [-0.39, 0.29) is 5.97 Å². The molecule has 0 saturated heterocycles. The molecule has 2 nitrogen and oxygen atoms in total. The van der Waals surface area contributed by atoms with Gasteiger partial charge in [0, 0.05) is 12.5 Å². The van der Waals surface area contributed by atoms with E-state index in [4.69, 9.17) is 11.6 Å². The molecule has 0 saturated carbocycles. The maximum absolute atomic E-state index is 9.75. The standard InChI is InChI=1S/C4H7Cl.C4H6O2/c1-2-3-4-5;1-3-6-4(2)5/h3-4H,2H2,1H3;3H,1H2,2H3. The van der Waals surface area contributed by atoms with Crippen LogP contribution < -0.4 is 0 Å². The summed E-state index contributed by atoms with van der Waals surface area (Å²) in [5, 5.41) is 0. The van der Waals surface area contributed by atoms with Gasteiger partial charge in [0.2, 0.25) is 0 Å². The summed E-state index contributed by atoms with van der Waals surface area (Å²) in [5.41, 5.74) is 1.53. The molecule has 0 aliphatic carbocycles. The molecule has 0 aliphatic heterocycles. The first kappa shape index (κ1) is 12.9. The molecule has 0 aromatic heterocycles. The predicted octanol–water partition coefficient (Wildman–Crippen LogP) is 2.84. The van der Waals surface area contributed by atoms with Crippen LogP contribution in [-0.4, -0.2) is 5.97 Å². The number of hydrogen-bond donors (Lipinski definition) is 0. The van der Waals surface area contributed by atoms with Crippen LogP contribution in [0.15, 0.2) is 24.5 Å². The van der Waals surface area contributed by atoms with Crippen molar-refractivity contribution in [3.8, 4) is 0 Å². The molecule has 0 fully saturated rings. The van der Waals surface area contributed by atoms with Crippen LogP contribution in [0.5, 0.6) is 0 Å². The largest absolute Gasteiger partial charge is 0.435 e. The topological polar surface area (TPSA) is 26.3 Å². The monoisotopic (exact) mass is 176 g/mol. The Balaban J connectivity index is 0. The van der Waals surface area contributed by atoms with E-state index in [0.29, 0.717) is 0 Å². The smallest absolute Gasteiger partial charge is 0.307 e. The minimum atomic E-state index is -0.329. The zero-order valence-corrected chi connectivity index (χ0v) is 7.60. The molecule has 11 heavy (non-hydrogen) atoms. The van der Waals surface area contributed by atoms with Crippen LogP contribution >= 0.6 is 11.6 Å². The summed E-state index contributed by atoms with van der Waals surface area (Å²) in [6.45, 7) is 6.52. The molecule has 64 valence electrons. The highest BCUT2D eigenvalue weighted by atomic mass is 35.5. The van der Waals surface area contributed by atoms with Crippen molar-refractivity contribution in [2.45, 2.75) is 20.3 Å². The molecule has 3 heteroatoms. The second kappa shape index (κ2) is 12.0. The van der Waals surface area contributed by atoms with Gasteiger partial charge in [-0.3, -0.25) is 4.79 Å². The molecule has 0 aromatic carbocycles. The van der Waals surface area contributed by atoms with Crippen LogP contribution in [0, 0.1) is 0 Å². The summed E-state index contributed by atoms with van der Waals surface area (Å²) in [6.07, 6.45) is 4.02. The van der Waals surface area contributed by atoms with E-state index in [2.05, 4.69) is 11.3 Å². The molecule has 0 aromatic rings. The Morgan fingerprint density at radius 1 is 1.73 bits per heavy atom. The number of allylic oxidation sites excluding steroid dienone is 1. The number of esters is 1. The van der Waals surface area contributed by atoms with Gasteiger partial charge >= 0.3 is 5.97 Å². The molecular formula is C8H13ClO2. The average Bonchev–Trinajstić information content (AvgIpc) is 1.90. The Labute approximate surface area is 72.5 Å². The normalized spacial score (nSPS) is 8.27. The lowest BCUT2D eigenvalue weighted by Crippen LogP contribution is -1.87. The van der Waals surface area contributed by atoms with Gasteiger partial charge in [0.25, 0.3) is 0 Å². The third-order valence-electron chi connectivity index (χ3n) is 0.574. The van der Waals surface area contributed by atoms with Gasteiger partial charge in [-0.1, -0.05) is 31.2 Å². The zero-order valence-electron chi connectivity index (χ0n) is 6.84. The van der Waals surface area contributed by atoms with Crippen LogP contribution in [0.25, 0.3) is 0 Å². The van der Waals surface area contributed by atoms with Gasteiger partial charge < -0.3 is 4.74 Å². The van der Waals surface area contributed by atoms with E-state index in [9.17, 15) is 4.79 Å². The molecule has 0 N–H and O–H groups in total. The van der Waals surface area contributed by atoms with Gasteiger partial charge in [-0.15, -0.1) is 0 Å². The maximum Gasteiger partial charge on any atom is 0.307 e. The van der Waals surface area contributed by atoms with E-state index < -0.39 is 0 Å². The van der Waals surface area contributed by atoms with Gasteiger partial charge in [0.1, 0.15) is 0 Å². The Bertz CT molecular complexity index is 130. The molecule has 0 unspecified atom stereocenters. The zero-order chi connectivity index (χ0) is 9.11. The molecule has 0 radical (unpaired) electrons. The quantitative estimate of drug-likeness (QED) is 0.478. The van der Waals surface area contributed by atoms with Crippen molar-refractivity contribution in [3.05, 3.63) is 24.5 Å². The predicted molar refractivity (Wildman–Crippen MR) is 47.2 cm³/mol. The fraction of sp³-hybridized carbons (Fsp3) is 0.375. The summed E-state index contributed by atoms with van der Waals surface area (Å²) < 4.78 is 4.17. The van der Waals surface area contributed by atoms with Gasteiger partial charge in [-0.25, -0.2) is 0 Å². The first-order valence-electron chi connectivity index (χ1n) is 3.22. The van der Waals surface area contributed by atoms with Crippen molar-refractivity contribution in [3.63, 3.8) is 0 Å². The number of carbonyl (C=O) groups excluding carboxylic acids is 1. The second-order valence-electron chi connectivity index (χ2n) is 1.55. The highest BCUT2D eigenvalue weighted by Gasteiger charge is 1.79. The lowest BCUT2D eigenvalue weighted by Gasteiger charge is -1.83. The Morgan fingerprint density at radius 2 is 2.27 bits per heavy atom. The van der Waals surface area contributed by atoms with Gasteiger partial charge in [0.15, 0.2) is 0 Å². The minimum Gasteiger partial charge on any atom is -0.435 e. The third kappa shape index (κ3) is 26.9. The van der Waals surface area contributed by atoms with E-state index in [1.54, 1.807) is 0 Å². The summed E-state index contributed by atoms with van der Waals surface area (Å²) in [4.78, 5) is 9.75. The van der Waals surface area contributed by atoms with E-state index in [1.807, 2.05) is 13.0 Å². The van der Waals surface area contributed by atoms with Crippen LogP contribution in [0.3, 0.4) is 0 Å². The van der Waals surface area contributed by atoms with Crippen LogP contribution in [0.2, 0.25) is 0 Å². The third-order valence-corrected chi connectivity index (χ3v) is 0.752. The lowest BCUT2D eigenvalue weighted by atomic mass is 10.5. The van der Waals surface area contributed by atoms with E-state index >= 15 is 0 Å². The number of hydrogen-bond acceptors (Lipinski definition) is 2. The molecule has 0 amide bonds. The van der Waals surface area contributed by atoms with E-state index in [1.165, 1.54) is 12.5 Å². The second-order valence-corrected chi connectivity index (χ2v) is 1.80. The number of rotatable bonds is 2. The highest BCUT2D eigenvalue weighted by molar-refractivity contribution is 6.25. The van der Waals surface area contributed by atoms with Gasteiger partial charge in [0.05, 0.1) is 6.26 Å². The van der Waals surface area contributed by atoms with Gasteiger partial charge in [-0.2, -0.15) is 0 Å². The van der Waals surface area contributed by atoms with Crippen LogP contribution in [0.4, 0.5) is 0 Å². The van der Waals surface area contributed by atoms with Crippen molar-refractivity contribution < 1.29 is 9.53 Å². The molecule has 0 aliphatic rings. The average molecular weight is 177 g/mol. The SMILES string of the molecule is C=COC(C)=O.CCC=CCl. The highest BCUT2D eigenvalue weighted by Crippen LogP contribution is 1.80. The fourth-order valence-electron chi connectivity index (χ4n) is 0.206. The number of ether oxygens (including phenoxy) is 1. The lowest BCUT2D eigenvalue weighted by molar-refractivity contribution is -0.135. The summed E-state index contributed by atoms with van der Waals surface area (Å²) >= 11 is 5.12. The molecular weight excluding hydrogens is 164 g/mol. The summed E-state index contributed by atoms with van der Waals surface area (Å²) in [7, 11) is 0. The van der Waals surface area contributed by atoms with Gasteiger partial charge in [-0.05, 0) is 6.42 Å². The maximum atomic E-state index is 9.75. The molecule has 0 spiro atoms. The van der Waals surface area contributed by atoms with Crippen molar-refractivity contribution in [2.75, 3.05) is 0 Å². The number of halogens is 1. The van der Waals surface area contributed by atoms with Crippen LogP contribution in [-0.2, 0) is 9.53 Å². The Hall–Kier alpha value is -0.760. The Morgan fingerprint density at radius 3 is 2.27 bits per heavy atom. The minimum absolute atomic E-state index is 0.329. The number of carbonyl (C=O) groups is 1. The van der Waals surface area contributed by atoms with Crippen molar-refractivity contribution >= 4 is 17.6 Å². The first-order valence-corrected chi connectivity index (χ1v) is 3.66. The summed E-state index contributed by atoms with van der Waals surface area (Å²) in [6, 6.07) is 0. The van der Waals surface area contributed by atoms with Crippen molar-refractivity contribution in [2.24, 2.45) is 0 Å². The molecule has 0 heterocycles. The van der Waals surface area contributed by atoms with E-state index in [0.717, 1.165) is 12.7 Å². The fourth-order valence-corrected chi connectivity index (χ4v) is 0.385. The summed E-state index contributed by atoms with van der Waals surface area (Å²) in [5.74, 6) is -0.329. The molecule has 0 bridgehead atoms. The molecule has 0 rings (SSSR count).